The van der Waals surface area contributed by atoms with Crippen molar-refractivity contribution in [1.82, 2.24) is 5.32 Å². The van der Waals surface area contributed by atoms with Crippen LogP contribution >= 0.6 is 12.2 Å². The highest BCUT2D eigenvalue weighted by molar-refractivity contribution is 7.80. The smallest absolute Gasteiger partial charge is 0.306 e. The Bertz CT molecular complexity index is 565. The van der Waals surface area contributed by atoms with Crippen molar-refractivity contribution in [2.45, 2.75) is 19.8 Å². The summed E-state index contributed by atoms with van der Waals surface area (Å²) in [5.41, 5.74) is 0.699. The van der Waals surface area contributed by atoms with Gasteiger partial charge in [-0.25, -0.2) is 0 Å². The standard InChI is InChI=1S/C16H22N2O5S/c1-3-22-13-6-4-5-12(11-13)17-16(24)18-14(19)7-8-15(20)23-10-9-21-2/h4-6,11H,3,7-10H2,1-2H3,(H2,17,18,19,24). The highest BCUT2D eigenvalue weighted by Crippen LogP contribution is 2.17. The molecular formula is C16H22N2O5S. The second-order valence-electron chi connectivity index (χ2n) is 4.68. The van der Waals surface area contributed by atoms with Crippen LogP contribution in [0.3, 0.4) is 0 Å². The molecule has 24 heavy (non-hydrogen) atoms. The number of anilines is 1. The molecule has 1 amide bonds. The number of amides is 1. The van der Waals surface area contributed by atoms with Crippen molar-refractivity contribution in [3.8, 4) is 5.75 Å². The average molecular weight is 354 g/mol. The summed E-state index contributed by atoms with van der Waals surface area (Å²) in [5, 5.41) is 5.55. The van der Waals surface area contributed by atoms with Gasteiger partial charge in [-0.2, -0.15) is 0 Å². The Kier molecular flexibility index (Phi) is 9.40. The SMILES string of the molecule is CCOc1cccc(NC(=S)NC(=O)CCC(=O)OCCOC)c1. The number of esters is 1. The van der Waals surface area contributed by atoms with Crippen LogP contribution in [0.25, 0.3) is 0 Å². The molecule has 0 radical (unpaired) electrons. The van der Waals surface area contributed by atoms with Crippen LogP contribution in [0.1, 0.15) is 19.8 Å². The quantitative estimate of drug-likeness (QED) is 0.398. The zero-order valence-corrected chi connectivity index (χ0v) is 14.6. The number of benzene rings is 1. The third kappa shape index (κ3) is 8.44. The maximum absolute atomic E-state index is 11.8. The second-order valence-corrected chi connectivity index (χ2v) is 5.08. The normalized spacial score (nSPS) is 9.92. The van der Waals surface area contributed by atoms with Crippen LogP contribution in [0.4, 0.5) is 5.69 Å². The first kappa shape index (κ1) is 19.9. The minimum atomic E-state index is -0.453. The summed E-state index contributed by atoms with van der Waals surface area (Å²) in [4.78, 5) is 23.1. The van der Waals surface area contributed by atoms with Gasteiger partial charge in [0.05, 0.1) is 19.6 Å². The number of rotatable bonds is 9. The summed E-state index contributed by atoms with van der Waals surface area (Å²) < 4.78 is 15.0. The Balaban J connectivity index is 2.32. The molecule has 0 bridgehead atoms. The summed E-state index contributed by atoms with van der Waals surface area (Å²) in [6.45, 7) is 2.95. The summed E-state index contributed by atoms with van der Waals surface area (Å²) >= 11 is 5.07. The number of ether oxygens (including phenoxy) is 3. The molecular weight excluding hydrogens is 332 g/mol. The molecule has 0 aromatic heterocycles. The molecule has 0 saturated heterocycles. The van der Waals surface area contributed by atoms with Crippen LogP contribution < -0.4 is 15.4 Å². The highest BCUT2D eigenvalue weighted by Gasteiger charge is 2.09. The Morgan fingerprint density at radius 3 is 2.71 bits per heavy atom. The summed E-state index contributed by atoms with van der Waals surface area (Å²) in [6.07, 6.45) is -0.0232. The number of hydrogen-bond acceptors (Lipinski definition) is 6. The van der Waals surface area contributed by atoms with Crippen molar-refractivity contribution >= 4 is 34.9 Å². The Hall–Kier alpha value is -2.19. The Morgan fingerprint density at radius 2 is 2.00 bits per heavy atom. The van der Waals surface area contributed by atoms with Gasteiger partial charge in [0, 0.05) is 25.3 Å². The van der Waals surface area contributed by atoms with Crippen molar-refractivity contribution in [1.29, 1.82) is 0 Å². The fourth-order valence-corrected chi connectivity index (χ4v) is 1.94. The third-order valence-corrected chi connectivity index (χ3v) is 2.97. The van der Waals surface area contributed by atoms with E-state index in [1.165, 1.54) is 7.11 Å². The van der Waals surface area contributed by atoms with E-state index in [0.717, 1.165) is 0 Å². The van der Waals surface area contributed by atoms with Crippen molar-refractivity contribution in [3.05, 3.63) is 24.3 Å². The lowest BCUT2D eigenvalue weighted by atomic mass is 10.3. The van der Waals surface area contributed by atoms with Crippen LogP contribution in [0.5, 0.6) is 5.75 Å². The molecule has 132 valence electrons. The number of nitrogens with one attached hydrogen (secondary N) is 2. The average Bonchev–Trinajstić information content (AvgIpc) is 2.54. The Morgan fingerprint density at radius 1 is 1.21 bits per heavy atom. The van der Waals surface area contributed by atoms with Crippen molar-refractivity contribution in [2.75, 3.05) is 32.2 Å². The molecule has 0 unspecified atom stereocenters. The molecule has 0 aliphatic heterocycles. The lowest BCUT2D eigenvalue weighted by Gasteiger charge is -2.11. The Labute approximate surface area is 146 Å². The molecule has 1 rings (SSSR count). The molecule has 8 heteroatoms. The first-order chi connectivity index (χ1) is 11.5. The number of hydrogen-bond donors (Lipinski definition) is 2. The summed E-state index contributed by atoms with van der Waals surface area (Å²) in [6, 6.07) is 7.21. The molecule has 0 aliphatic carbocycles. The first-order valence-electron chi connectivity index (χ1n) is 7.53. The maximum atomic E-state index is 11.8. The number of carbonyl (C=O) groups is 2. The van der Waals surface area contributed by atoms with Crippen molar-refractivity contribution in [3.63, 3.8) is 0 Å². The molecule has 1 aromatic carbocycles. The fraction of sp³-hybridized carbons (Fsp3) is 0.438. The van der Waals surface area contributed by atoms with Crippen LogP contribution in [0, 0.1) is 0 Å². The van der Waals surface area contributed by atoms with Gasteiger partial charge in [-0.3, -0.25) is 9.59 Å². The van der Waals surface area contributed by atoms with Gasteiger partial charge in [0.2, 0.25) is 5.91 Å². The summed E-state index contributed by atoms with van der Waals surface area (Å²) in [5.74, 6) is -0.113. The minimum Gasteiger partial charge on any atom is -0.494 e. The number of carbonyl (C=O) groups excluding carboxylic acids is 2. The van der Waals surface area contributed by atoms with E-state index >= 15 is 0 Å². The maximum Gasteiger partial charge on any atom is 0.306 e. The lowest BCUT2D eigenvalue weighted by Crippen LogP contribution is -2.34. The monoisotopic (exact) mass is 354 g/mol. The van der Waals surface area contributed by atoms with E-state index < -0.39 is 5.97 Å². The van der Waals surface area contributed by atoms with Crippen LogP contribution in [-0.2, 0) is 19.1 Å². The van der Waals surface area contributed by atoms with E-state index in [1.54, 1.807) is 12.1 Å². The molecule has 2 N–H and O–H groups in total. The van der Waals surface area contributed by atoms with Gasteiger partial charge >= 0.3 is 5.97 Å². The molecule has 0 atom stereocenters. The number of methoxy groups -OCH3 is 1. The largest absolute Gasteiger partial charge is 0.494 e. The lowest BCUT2D eigenvalue weighted by molar-refractivity contribution is -0.146. The van der Waals surface area contributed by atoms with Gasteiger partial charge in [-0.05, 0) is 31.3 Å². The molecule has 0 heterocycles. The molecule has 1 aromatic rings. The number of thiocarbonyl (C=S) groups is 1. The zero-order chi connectivity index (χ0) is 17.8. The third-order valence-electron chi connectivity index (χ3n) is 2.76. The highest BCUT2D eigenvalue weighted by atomic mass is 32.1. The van der Waals surface area contributed by atoms with Gasteiger partial charge in [0.1, 0.15) is 12.4 Å². The molecule has 0 fully saturated rings. The molecule has 0 saturated carbocycles. The first-order valence-corrected chi connectivity index (χ1v) is 7.94. The van der Waals surface area contributed by atoms with Crippen molar-refractivity contribution in [2.24, 2.45) is 0 Å². The van der Waals surface area contributed by atoms with Gasteiger partial charge in [0.15, 0.2) is 5.11 Å². The predicted molar refractivity (Wildman–Crippen MR) is 94.0 cm³/mol. The minimum absolute atomic E-state index is 0.00732. The topological polar surface area (TPSA) is 85.9 Å². The van der Waals surface area contributed by atoms with E-state index in [9.17, 15) is 9.59 Å². The van der Waals surface area contributed by atoms with Gasteiger partial charge in [-0.15, -0.1) is 0 Å². The van der Waals surface area contributed by atoms with Crippen LogP contribution in [0.15, 0.2) is 24.3 Å². The van der Waals surface area contributed by atoms with Gasteiger partial charge in [0.25, 0.3) is 0 Å². The second kappa shape index (κ2) is 11.4. The van der Waals surface area contributed by atoms with E-state index in [2.05, 4.69) is 10.6 Å². The molecule has 0 spiro atoms. The van der Waals surface area contributed by atoms with Crippen LogP contribution in [-0.4, -0.2) is 43.9 Å². The van der Waals surface area contributed by atoms with E-state index in [4.69, 9.17) is 26.4 Å². The molecule has 7 nitrogen and oxygen atoms in total. The van der Waals surface area contributed by atoms with E-state index in [-0.39, 0.29) is 30.5 Å². The molecule has 0 aliphatic rings. The van der Waals surface area contributed by atoms with Crippen molar-refractivity contribution < 1.29 is 23.8 Å². The fourth-order valence-electron chi connectivity index (χ4n) is 1.71. The van der Waals surface area contributed by atoms with E-state index in [1.807, 2.05) is 19.1 Å². The van der Waals surface area contributed by atoms with E-state index in [0.29, 0.717) is 24.7 Å². The summed E-state index contributed by atoms with van der Waals surface area (Å²) in [7, 11) is 1.51. The predicted octanol–water partition coefficient (Wildman–Crippen LogP) is 1.87. The van der Waals surface area contributed by atoms with Crippen LogP contribution in [0.2, 0.25) is 0 Å². The van der Waals surface area contributed by atoms with Gasteiger partial charge < -0.3 is 24.8 Å². The zero-order valence-electron chi connectivity index (χ0n) is 13.8. The van der Waals surface area contributed by atoms with Gasteiger partial charge in [-0.1, -0.05) is 6.07 Å².